The Kier molecular flexibility index (Phi) is 3.80. The van der Waals surface area contributed by atoms with Crippen molar-refractivity contribution >= 4 is 11.6 Å². The summed E-state index contributed by atoms with van der Waals surface area (Å²) in [5.41, 5.74) is 3.51. The van der Waals surface area contributed by atoms with E-state index < -0.39 is 0 Å². The molecule has 0 saturated carbocycles. The molecule has 2 heteroatoms. The highest BCUT2D eigenvalue weighted by Gasteiger charge is 1.47. The molecule has 0 heterocycles. The van der Waals surface area contributed by atoms with Crippen LogP contribution < -0.4 is 0 Å². The second-order valence-corrected chi connectivity index (χ2v) is 0.767. The number of rotatable bonds is 0. The Morgan fingerprint density at radius 1 is 1.67 bits per heavy atom. The van der Waals surface area contributed by atoms with Gasteiger partial charge in [-0.15, -0.1) is 0 Å². The Bertz CT molecular complexity index is 114. The minimum Gasteiger partial charge on any atom is -0.192 e. The van der Waals surface area contributed by atoms with Gasteiger partial charge in [0, 0.05) is 5.54 Å². The van der Waals surface area contributed by atoms with Crippen molar-refractivity contribution in [2.75, 3.05) is 0 Å². The van der Waals surface area contributed by atoms with Gasteiger partial charge in [-0.25, -0.2) is 0 Å². The molecule has 0 atom stereocenters. The third-order valence-electron chi connectivity index (χ3n) is 0.211. The van der Waals surface area contributed by atoms with Crippen molar-refractivity contribution in [3.63, 3.8) is 0 Å². The molecule has 30 valence electrons. The molecule has 0 aliphatic heterocycles. The standard InChI is InChI=1S/C4H2ClN/c5-3-1-2-4-6/h2-3H. The van der Waals surface area contributed by atoms with Gasteiger partial charge in [0.2, 0.25) is 0 Å². The molecular weight excluding hydrogens is 97.5 g/mol. The van der Waals surface area contributed by atoms with Crippen LogP contribution in [0.1, 0.15) is 0 Å². The quantitative estimate of drug-likeness (QED) is 0.333. The fraction of sp³-hybridized carbons (Fsp3) is 0. The number of nitriles is 1. The molecule has 0 unspecified atom stereocenters. The van der Waals surface area contributed by atoms with Crippen molar-refractivity contribution in [3.05, 3.63) is 17.3 Å². The summed E-state index contributed by atoms with van der Waals surface area (Å²) in [5, 5.41) is 7.75. The first-order valence-electron chi connectivity index (χ1n) is 1.31. The largest absolute Gasteiger partial charge is 0.192 e. The fourth-order valence-corrected chi connectivity index (χ4v) is 0.132. The number of hydrogen-bond donors (Lipinski definition) is 0. The van der Waals surface area contributed by atoms with Crippen molar-refractivity contribution in [1.29, 1.82) is 5.26 Å². The SMILES string of the molecule is N#CC=C=CCl. The monoisotopic (exact) mass is 99.0 g/mol. The first-order chi connectivity index (χ1) is 2.91. The molecule has 0 amide bonds. The van der Waals surface area contributed by atoms with Gasteiger partial charge < -0.3 is 0 Å². The summed E-state index contributed by atoms with van der Waals surface area (Å²) in [5.74, 6) is 0. The van der Waals surface area contributed by atoms with Crippen molar-refractivity contribution in [2.24, 2.45) is 0 Å². The lowest BCUT2D eigenvalue weighted by molar-refractivity contribution is 1.54. The summed E-state index contributed by atoms with van der Waals surface area (Å²) in [6.45, 7) is 0. The molecule has 0 aromatic carbocycles. The second-order valence-electron chi connectivity index (χ2n) is 0.549. The molecule has 0 aromatic heterocycles. The van der Waals surface area contributed by atoms with Crippen LogP contribution in [0.15, 0.2) is 17.3 Å². The maximum absolute atomic E-state index is 7.75. The third-order valence-corrected chi connectivity index (χ3v) is 0.337. The Balaban J connectivity index is 3.56. The van der Waals surface area contributed by atoms with E-state index in [9.17, 15) is 0 Å². The second kappa shape index (κ2) is 4.30. The molecule has 0 aromatic rings. The average Bonchev–Trinajstić information content (AvgIpc) is 1.61. The van der Waals surface area contributed by atoms with E-state index in [0.717, 1.165) is 5.54 Å². The Morgan fingerprint density at radius 3 is 2.50 bits per heavy atom. The van der Waals surface area contributed by atoms with Crippen LogP contribution >= 0.6 is 11.6 Å². The molecule has 6 heavy (non-hydrogen) atoms. The smallest absolute Gasteiger partial charge is 0.0996 e. The highest BCUT2D eigenvalue weighted by molar-refractivity contribution is 6.25. The maximum atomic E-state index is 7.75. The Labute approximate surface area is 41.2 Å². The van der Waals surface area contributed by atoms with Crippen LogP contribution in [0.3, 0.4) is 0 Å². The zero-order valence-electron chi connectivity index (χ0n) is 2.98. The van der Waals surface area contributed by atoms with Crippen molar-refractivity contribution in [3.8, 4) is 6.07 Å². The number of allylic oxidation sites excluding steroid dienone is 1. The van der Waals surface area contributed by atoms with Crippen LogP contribution in [-0.2, 0) is 0 Å². The summed E-state index contributed by atoms with van der Waals surface area (Å²) in [4.78, 5) is 0. The van der Waals surface area contributed by atoms with E-state index in [0.29, 0.717) is 0 Å². The van der Waals surface area contributed by atoms with Gasteiger partial charge >= 0.3 is 0 Å². The summed E-state index contributed by atoms with van der Waals surface area (Å²) < 4.78 is 0. The summed E-state index contributed by atoms with van der Waals surface area (Å²) in [6, 6.07) is 1.72. The Hall–Kier alpha value is -0.700. The van der Waals surface area contributed by atoms with E-state index in [-0.39, 0.29) is 0 Å². The maximum Gasteiger partial charge on any atom is 0.0996 e. The summed E-state index contributed by atoms with van der Waals surface area (Å²) in [7, 11) is 0. The fourth-order valence-electron chi connectivity index (χ4n) is 0.0688. The molecule has 1 nitrogen and oxygen atoms in total. The van der Waals surface area contributed by atoms with Gasteiger partial charge in [0.25, 0.3) is 0 Å². The van der Waals surface area contributed by atoms with E-state index in [1.165, 1.54) is 6.08 Å². The number of nitrogens with zero attached hydrogens (tertiary/aromatic N) is 1. The topological polar surface area (TPSA) is 23.8 Å². The third kappa shape index (κ3) is 3.30. The van der Waals surface area contributed by atoms with Gasteiger partial charge in [0.1, 0.15) is 0 Å². The summed E-state index contributed by atoms with van der Waals surface area (Å²) >= 11 is 4.96. The van der Waals surface area contributed by atoms with Crippen molar-refractivity contribution in [1.82, 2.24) is 0 Å². The molecule has 0 radical (unpaired) electrons. The molecule has 0 aliphatic rings. The van der Waals surface area contributed by atoms with Crippen LogP contribution in [0.5, 0.6) is 0 Å². The highest BCUT2D eigenvalue weighted by Crippen LogP contribution is 1.69. The van der Waals surface area contributed by atoms with Gasteiger partial charge in [-0.1, -0.05) is 17.3 Å². The minimum absolute atomic E-state index is 1.16. The van der Waals surface area contributed by atoms with E-state index in [1.54, 1.807) is 6.07 Å². The number of halogens is 1. The van der Waals surface area contributed by atoms with Crippen LogP contribution in [-0.4, -0.2) is 0 Å². The molecule has 0 rings (SSSR count). The molecule has 0 bridgehead atoms. The van der Waals surface area contributed by atoms with Gasteiger partial charge in [-0.2, -0.15) is 5.26 Å². The molecular formula is C4H2ClN. The van der Waals surface area contributed by atoms with Crippen LogP contribution in [0.2, 0.25) is 0 Å². The van der Waals surface area contributed by atoms with Crippen LogP contribution in [0.25, 0.3) is 0 Å². The summed E-state index contributed by atoms with van der Waals surface area (Å²) in [6.07, 6.45) is 1.17. The predicted molar refractivity (Wildman–Crippen MR) is 24.1 cm³/mol. The first kappa shape index (κ1) is 5.30. The molecule has 0 aliphatic carbocycles. The van der Waals surface area contributed by atoms with Crippen LogP contribution in [0.4, 0.5) is 0 Å². The van der Waals surface area contributed by atoms with Crippen molar-refractivity contribution in [2.45, 2.75) is 0 Å². The lowest BCUT2D eigenvalue weighted by Gasteiger charge is -1.45. The van der Waals surface area contributed by atoms with Gasteiger partial charge in [0.05, 0.1) is 12.1 Å². The Morgan fingerprint density at radius 2 is 2.33 bits per heavy atom. The van der Waals surface area contributed by atoms with E-state index >= 15 is 0 Å². The number of hydrogen-bond acceptors (Lipinski definition) is 1. The van der Waals surface area contributed by atoms with Gasteiger partial charge in [-0.3, -0.25) is 0 Å². The van der Waals surface area contributed by atoms with Crippen molar-refractivity contribution < 1.29 is 0 Å². The molecule has 0 spiro atoms. The molecule has 0 N–H and O–H groups in total. The average molecular weight is 99.5 g/mol. The lowest BCUT2D eigenvalue weighted by Crippen LogP contribution is -1.31. The highest BCUT2D eigenvalue weighted by atomic mass is 35.5. The van der Waals surface area contributed by atoms with E-state index in [1.807, 2.05) is 0 Å². The first-order valence-corrected chi connectivity index (χ1v) is 1.74. The normalized spacial score (nSPS) is 4.67. The van der Waals surface area contributed by atoms with E-state index in [4.69, 9.17) is 16.9 Å². The van der Waals surface area contributed by atoms with E-state index in [2.05, 4.69) is 5.73 Å². The molecule has 0 saturated heterocycles. The predicted octanol–water partition coefficient (Wildman–Crippen LogP) is 1.42. The van der Waals surface area contributed by atoms with Crippen LogP contribution in [0, 0.1) is 11.3 Å². The zero-order chi connectivity index (χ0) is 4.83. The van der Waals surface area contributed by atoms with Gasteiger partial charge in [-0.05, 0) is 0 Å². The zero-order valence-corrected chi connectivity index (χ0v) is 3.74. The lowest BCUT2D eigenvalue weighted by atomic mass is 10.7. The molecule has 0 fully saturated rings. The van der Waals surface area contributed by atoms with Gasteiger partial charge in [0.15, 0.2) is 0 Å². The minimum atomic E-state index is 1.16.